The van der Waals surface area contributed by atoms with Gasteiger partial charge in [0.15, 0.2) is 5.78 Å². The molecule has 0 bridgehead atoms. The van der Waals surface area contributed by atoms with Crippen molar-refractivity contribution in [3.8, 4) is 0 Å². The molecule has 0 saturated carbocycles. The lowest BCUT2D eigenvalue weighted by atomic mass is 10.1. The van der Waals surface area contributed by atoms with E-state index >= 15 is 0 Å². The number of carbonyl (C=O) groups excluding carboxylic acids is 1. The normalized spacial score (nSPS) is 11.0. The number of ketones is 1. The summed E-state index contributed by atoms with van der Waals surface area (Å²) in [4.78, 5) is 14.6. The minimum atomic E-state index is 0.125. The van der Waals surface area contributed by atoms with E-state index in [4.69, 9.17) is 5.73 Å². The van der Waals surface area contributed by atoms with Crippen LogP contribution in [-0.2, 0) is 6.54 Å². The molecule has 0 aliphatic heterocycles. The maximum absolute atomic E-state index is 12.4. The summed E-state index contributed by atoms with van der Waals surface area (Å²) >= 11 is 0. The Morgan fingerprint density at radius 2 is 1.67 bits per heavy atom. The Hall–Kier alpha value is -2.13. The summed E-state index contributed by atoms with van der Waals surface area (Å²) in [7, 11) is 0. The third kappa shape index (κ3) is 4.43. The molecule has 2 N–H and O–H groups in total. The van der Waals surface area contributed by atoms with E-state index in [1.807, 2.05) is 18.2 Å². The van der Waals surface area contributed by atoms with Crippen LogP contribution < -0.4 is 5.73 Å². The summed E-state index contributed by atoms with van der Waals surface area (Å²) in [5.41, 5.74) is 8.26. The average molecular weight is 282 g/mol. The van der Waals surface area contributed by atoms with Crippen LogP contribution in [0, 0.1) is 0 Å². The maximum Gasteiger partial charge on any atom is 0.176 e. The summed E-state index contributed by atoms with van der Waals surface area (Å²) in [6, 6.07) is 17.6. The molecule has 2 aromatic carbocycles. The Morgan fingerprint density at radius 1 is 1.05 bits per heavy atom. The predicted molar refractivity (Wildman–Crippen MR) is 87.2 cm³/mol. The maximum atomic E-state index is 12.4. The molecule has 2 aromatic rings. The van der Waals surface area contributed by atoms with Gasteiger partial charge in [-0.15, -0.1) is 0 Å². The van der Waals surface area contributed by atoms with Gasteiger partial charge >= 0.3 is 0 Å². The van der Waals surface area contributed by atoms with Gasteiger partial charge in [0.05, 0.1) is 6.54 Å². The molecule has 0 unspecified atom stereocenters. The van der Waals surface area contributed by atoms with Crippen molar-refractivity contribution in [2.45, 2.75) is 26.4 Å². The van der Waals surface area contributed by atoms with Crippen molar-refractivity contribution in [3.05, 3.63) is 65.7 Å². The number of nitrogens with zero attached hydrogens (tertiary/aromatic N) is 1. The van der Waals surface area contributed by atoms with Crippen molar-refractivity contribution in [2.75, 3.05) is 12.3 Å². The smallest absolute Gasteiger partial charge is 0.176 e. The van der Waals surface area contributed by atoms with E-state index in [1.165, 1.54) is 5.56 Å². The number of carbonyl (C=O) groups is 1. The fourth-order valence-electron chi connectivity index (χ4n) is 2.18. The second-order valence-corrected chi connectivity index (χ2v) is 5.53. The second kappa shape index (κ2) is 7.04. The Kier molecular flexibility index (Phi) is 5.12. The zero-order valence-corrected chi connectivity index (χ0v) is 12.6. The number of Topliss-reactive ketones (excluding diaryl/α,β-unsaturated/α-hetero) is 1. The zero-order chi connectivity index (χ0) is 15.2. The zero-order valence-electron chi connectivity index (χ0n) is 12.6. The van der Waals surface area contributed by atoms with Gasteiger partial charge in [0.1, 0.15) is 0 Å². The number of hydrogen-bond donors (Lipinski definition) is 1. The van der Waals surface area contributed by atoms with Gasteiger partial charge in [-0.05, 0) is 43.7 Å². The predicted octanol–water partition coefficient (Wildman–Crippen LogP) is 3.36. The van der Waals surface area contributed by atoms with Crippen molar-refractivity contribution in [3.63, 3.8) is 0 Å². The molecule has 0 fully saturated rings. The molecule has 0 amide bonds. The summed E-state index contributed by atoms with van der Waals surface area (Å²) in [6.07, 6.45) is 0. The number of nitrogen functional groups attached to an aromatic ring is 1. The second-order valence-electron chi connectivity index (χ2n) is 5.53. The fourth-order valence-corrected chi connectivity index (χ4v) is 2.18. The van der Waals surface area contributed by atoms with Crippen LogP contribution in [0.5, 0.6) is 0 Å². The Balaban J connectivity index is 2.06. The van der Waals surface area contributed by atoms with Crippen molar-refractivity contribution < 1.29 is 4.79 Å². The lowest BCUT2D eigenvalue weighted by Gasteiger charge is -2.25. The highest BCUT2D eigenvalue weighted by molar-refractivity contribution is 5.97. The monoisotopic (exact) mass is 282 g/mol. The first kappa shape index (κ1) is 15.3. The van der Waals surface area contributed by atoms with Crippen LogP contribution in [0.25, 0.3) is 0 Å². The minimum absolute atomic E-state index is 0.125. The summed E-state index contributed by atoms with van der Waals surface area (Å²) in [5.74, 6) is 0.125. The summed E-state index contributed by atoms with van der Waals surface area (Å²) in [6.45, 7) is 5.41. The van der Waals surface area contributed by atoms with Gasteiger partial charge in [-0.25, -0.2) is 0 Å². The molecule has 3 nitrogen and oxygen atoms in total. The number of rotatable bonds is 6. The highest BCUT2D eigenvalue weighted by Gasteiger charge is 2.15. The first-order valence-electron chi connectivity index (χ1n) is 7.23. The van der Waals surface area contributed by atoms with Crippen molar-refractivity contribution >= 4 is 11.5 Å². The largest absolute Gasteiger partial charge is 0.399 e. The number of hydrogen-bond acceptors (Lipinski definition) is 3. The molecule has 0 atom stereocenters. The summed E-state index contributed by atoms with van der Waals surface area (Å²) < 4.78 is 0. The van der Waals surface area contributed by atoms with E-state index in [1.54, 1.807) is 24.3 Å². The van der Waals surface area contributed by atoms with Crippen LogP contribution in [0.2, 0.25) is 0 Å². The third-order valence-corrected chi connectivity index (χ3v) is 3.54. The topological polar surface area (TPSA) is 46.3 Å². The van der Waals surface area contributed by atoms with Crippen LogP contribution in [0.3, 0.4) is 0 Å². The minimum Gasteiger partial charge on any atom is -0.399 e. The third-order valence-electron chi connectivity index (χ3n) is 3.54. The molecule has 0 radical (unpaired) electrons. The first-order valence-corrected chi connectivity index (χ1v) is 7.23. The van der Waals surface area contributed by atoms with Gasteiger partial charge in [-0.1, -0.05) is 30.3 Å². The quantitative estimate of drug-likeness (QED) is 0.653. The molecule has 0 aliphatic rings. The SMILES string of the molecule is CC(C)N(CC(=O)c1ccc(N)cc1)Cc1ccccc1. The van der Waals surface area contributed by atoms with Gasteiger partial charge in [-0.3, -0.25) is 9.69 Å². The molecule has 0 saturated heterocycles. The van der Waals surface area contributed by atoms with E-state index in [2.05, 4.69) is 30.9 Å². The molecule has 21 heavy (non-hydrogen) atoms. The Labute approximate surface area is 126 Å². The molecule has 2 rings (SSSR count). The van der Waals surface area contributed by atoms with E-state index in [0.29, 0.717) is 23.8 Å². The molecule has 3 heteroatoms. The highest BCUT2D eigenvalue weighted by Crippen LogP contribution is 2.11. The highest BCUT2D eigenvalue weighted by atomic mass is 16.1. The van der Waals surface area contributed by atoms with Crippen molar-refractivity contribution in [2.24, 2.45) is 0 Å². The molecular formula is C18H22N2O. The van der Waals surface area contributed by atoms with Gasteiger partial charge in [0.2, 0.25) is 0 Å². The van der Waals surface area contributed by atoms with Crippen LogP contribution >= 0.6 is 0 Å². The molecule has 0 heterocycles. The Morgan fingerprint density at radius 3 is 2.24 bits per heavy atom. The van der Waals surface area contributed by atoms with E-state index in [-0.39, 0.29) is 5.78 Å². The van der Waals surface area contributed by atoms with Crippen LogP contribution in [0.15, 0.2) is 54.6 Å². The van der Waals surface area contributed by atoms with Gasteiger partial charge in [0.25, 0.3) is 0 Å². The van der Waals surface area contributed by atoms with Crippen LogP contribution in [0.1, 0.15) is 29.8 Å². The van der Waals surface area contributed by atoms with Crippen molar-refractivity contribution in [1.29, 1.82) is 0 Å². The van der Waals surface area contributed by atoms with Gasteiger partial charge in [0, 0.05) is 23.8 Å². The molecule has 0 spiro atoms. The summed E-state index contributed by atoms with van der Waals surface area (Å²) in [5, 5.41) is 0. The standard InChI is InChI=1S/C18H22N2O/c1-14(2)20(12-15-6-4-3-5-7-15)13-18(21)16-8-10-17(19)11-9-16/h3-11,14H,12-13,19H2,1-2H3. The molecule has 0 aromatic heterocycles. The number of anilines is 1. The molecular weight excluding hydrogens is 260 g/mol. The van der Waals surface area contributed by atoms with E-state index < -0.39 is 0 Å². The van der Waals surface area contributed by atoms with Crippen molar-refractivity contribution in [1.82, 2.24) is 4.90 Å². The Bertz CT molecular complexity index is 576. The lowest BCUT2D eigenvalue weighted by molar-refractivity contribution is 0.0898. The van der Waals surface area contributed by atoms with Crippen LogP contribution in [-0.4, -0.2) is 23.3 Å². The number of benzene rings is 2. The van der Waals surface area contributed by atoms with E-state index in [0.717, 1.165) is 6.54 Å². The van der Waals surface area contributed by atoms with E-state index in [9.17, 15) is 4.79 Å². The van der Waals surface area contributed by atoms with Gasteiger partial charge in [-0.2, -0.15) is 0 Å². The average Bonchev–Trinajstić information content (AvgIpc) is 2.48. The molecule has 0 aliphatic carbocycles. The fraction of sp³-hybridized carbons (Fsp3) is 0.278. The number of nitrogens with two attached hydrogens (primary N) is 1. The van der Waals surface area contributed by atoms with Gasteiger partial charge < -0.3 is 5.73 Å². The first-order chi connectivity index (χ1) is 10.1. The lowest BCUT2D eigenvalue weighted by Crippen LogP contribution is -2.35. The van der Waals surface area contributed by atoms with Crippen LogP contribution in [0.4, 0.5) is 5.69 Å². The molecule has 110 valence electrons.